The average molecular weight is 361 g/mol. The highest BCUT2D eigenvalue weighted by molar-refractivity contribution is 5.87. The van der Waals surface area contributed by atoms with Gasteiger partial charge in [-0.05, 0) is 23.1 Å². The molecule has 0 spiro atoms. The maximum atomic E-state index is 12.5. The third-order valence-corrected chi connectivity index (χ3v) is 4.30. The van der Waals surface area contributed by atoms with E-state index in [1.165, 1.54) is 5.56 Å². The van der Waals surface area contributed by atoms with E-state index in [1.807, 2.05) is 54.6 Å². The third kappa shape index (κ3) is 4.81. The predicted molar refractivity (Wildman–Crippen MR) is 97.7 cm³/mol. The number of aliphatic carboxylic acids is 1. The van der Waals surface area contributed by atoms with Crippen LogP contribution in [0.4, 0.5) is 0 Å². The molecule has 3 rings (SSSR count). The largest absolute Gasteiger partial charge is 0.480 e. The Hall–Kier alpha value is -2.37. The highest BCUT2D eigenvalue weighted by Gasteiger charge is 2.28. The van der Waals surface area contributed by atoms with Gasteiger partial charge in [0.05, 0.1) is 6.04 Å². The monoisotopic (exact) mass is 360 g/mol. The summed E-state index contributed by atoms with van der Waals surface area (Å²) < 4.78 is 0. The molecule has 6 heteroatoms. The fourth-order valence-corrected chi connectivity index (χ4v) is 2.96. The van der Waals surface area contributed by atoms with Crippen LogP contribution in [-0.2, 0) is 29.0 Å². The maximum Gasteiger partial charge on any atom is 0.326 e. The Labute approximate surface area is 152 Å². The minimum absolute atomic E-state index is 0. The predicted octanol–water partition coefficient (Wildman–Crippen LogP) is 1.93. The third-order valence-electron chi connectivity index (χ3n) is 4.30. The number of carbonyl (C=O) groups is 2. The fourth-order valence-electron chi connectivity index (χ4n) is 2.96. The summed E-state index contributed by atoms with van der Waals surface area (Å²) in [5.41, 5.74) is 3.19. The van der Waals surface area contributed by atoms with Crippen LogP contribution in [-0.4, -0.2) is 29.1 Å². The number of carboxylic acid groups (broad SMARTS) is 1. The molecule has 0 aromatic heterocycles. The molecule has 132 valence electrons. The molecule has 5 nitrogen and oxygen atoms in total. The average Bonchev–Trinajstić information content (AvgIpc) is 2.61. The van der Waals surface area contributed by atoms with E-state index in [9.17, 15) is 14.7 Å². The Balaban J connectivity index is 0.00000225. The summed E-state index contributed by atoms with van der Waals surface area (Å²) in [6.45, 7) is 0.616. The summed E-state index contributed by atoms with van der Waals surface area (Å²) in [7, 11) is 0. The first kappa shape index (κ1) is 19.0. The number of benzene rings is 2. The Morgan fingerprint density at radius 2 is 1.72 bits per heavy atom. The summed E-state index contributed by atoms with van der Waals surface area (Å²) in [6.07, 6.45) is 0.838. The number of nitrogens with one attached hydrogen (secondary N) is 2. The smallest absolute Gasteiger partial charge is 0.326 e. The summed E-state index contributed by atoms with van der Waals surface area (Å²) in [5, 5.41) is 15.2. The van der Waals surface area contributed by atoms with Gasteiger partial charge in [0, 0.05) is 13.0 Å². The van der Waals surface area contributed by atoms with Crippen molar-refractivity contribution in [2.45, 2.75) is 31.5 Å². The molecule has 1 aliphatic rings. The van der Waals surface area contributed by atoms with Gasteiger partial charge in [-0.1, -0.05) is 54.6 Å². The Morgan fingerprint density at radius 3 is 2.40 bits per heavy atom. The van der Waals surface area contributed by atoms with Crippen LogP contribution in [0.25, 0.3) is 0 Å². The van der Waals surface area contributed by atoms with Crippen LogP contribution >= 0.6 is 12.4 Å². The molecule has 0 aliphatic carbocycles. The van der Waals surface area contributed by atoms with E-state index < -0.39 is 18.1 Å². The van der Waals surface area contributed by atoms with E-state index in [0.29, 0.717) is 13.0 Å². The van der Waals surface area contributed by atoms with Crippen molar-refractivity contribution in [1.29, 1.82) is 0 Å². The molecule has 0 unspecified atom stereocenters. The fraction of sp³-hybridized carbons (Fsp3) is 0.263. The molecule has 0 bridgehead atoms. The Kier molecular flexibility index (Phi) is 6.56. The van der Waals surface area contributed by atoms with Crippen molar-refractivity contribution in [1.82, 2.24) is 10.6 Å². The molecular weight excluding hydrogens is 340 g/mol. The van der Waals surface area contributed by atoms with E-state index in [0.717, 1.165) is 11.1 Å². The normalized spacial score (nSPS) is 16.9. The molecular formula is C19H21ClN2O3. The second-order valence-electron chi connectivity index (χ2n) is 6.00. The van der Waals surface area contributed by atoms with Gasteiger partial charge in [0.15, 0.2) is 0 Å². The quantitative estimate of drug-likeness (QED) is 0.761. The molecule has 0 saturated carbocycles. The highest BCUT2D eigenvalue weighted by atomic mass is 35.5. The lowest BCUT2D eigenvalue weighted by molar-refractivity contribution is -0.142. The second kappa shape index (κ2) is 8.65. The first-order valence-corrected chi connectivity index (χ1v) is 8.01. The zero-order chi connectivity index (χ0) is 16.9. The number of amides is 1. The SMILES string of the molecule is Cl.O=C(O)[C@H](Cc1ccccc1)NC(=O)[C@@H]1Cc2ccccc2CN1. The molecule has 2 aromatic rings. The lowest BCUT2D eigenvalue weighted by Gasteiger charge is -2.26. The molecule has 1 aliphatic heterocycles. The van der Waals surface area contributed by atoms with Gasteiger partial charge in [-0.25, -0.2) is 4.79 Å². The molecule has 0 saturated heterocycles. The zero-order valence-corrected chi connectivity index (χ0v) is 14.5. The van der Waals surface area contributed by atoms with Crippen molar-refractivity contribution >= 4 is 24.3 Å². The van der Waals surface area contributed by atoms with E-state index in [2.05, 4.69) is 10.6 Å². The van der Waals surface area contributed by atoms with Crippen LogP contribution in [0, 0.1) is 0 Å². The summed E-state index contributed by atoms with van der Waals surface area (Å²) in [4.78, 5) is 24.0. The minimum Gasteiger partial charge on any atom is -0.480 e. The second-order valence-corrected chi connectivity index (χ2v) is 6.00. The van der Waals surface area contributed by atoms with E-state index in [-0.39, 0.29) is 24.7 Å². The molecule has 1 heterocycles. The molecule has 25 heavy (non-hydrogen) atoms. The van der Waals surface area contributed by atoms with Gasteiger partial charge in [-0.15, -0.1) is 12.4 Å². The Bertz CT molecular complexity index is 736. The van der Waals surface area contributed by atoms with E-state index in [1.54, 1.807) is 0 Å². The van der Waals surface area contributed by atoms with E-state index in [4.69, 9.17) is 0 Å². The standard InChI is InChI=1S/C19H20N2O3.ClH/c22-18(16-11-14-8-4-5-9-15(14)12-20-16)21-17(19(23)24)10-13-6-2-1-3-7-13;/h1-9,16-17,20H,10-12H2,(H,21,22)(H,23,24);1H/t16-,17-;/m0./s1. The van der Waals surface area contributed by atoms with Crippen molar-refractivity contribution in [3.63, 3.8) is 0 Å². The van der Waals surface area contributed by atoms with Gasteiger partial charge in [0.1, 0.15) is 6.04 Å². The first-order valence-electron chi connectivity index (χ1n) is 8.01. The number of carboxylic acids is 1. The molecule has 2 aromatic carbocycles. The van der Waals surface area contributed by atoms with Crippen LogP contribution in [0.2, 0.25) is 0 Å². The van der Waals surface area contributed by atoms with Gasteiger partial charge in [0.25, 0.3) is 0 Å². The van der Waals surface area contributed by atoms with Crippen molar-refractivity contribution in [2.24, 2.45) is 0 Å². The molecule has 0 radical (unpaired) electrons. The van der Waals surface area contributed by atoms with Gasteiger partial charge in [-0.3, -0.25) is 4.79 Å². The van der Waals surface area contributed by atoms with Crippen LogP contribution in [0.1, 0.15) is 16.7 Å². The number of fused-ring (bicyclic) bond motifs is 1. The molecule has 1 amide bonds. The van der Waals surface area contributed by atoms with Gasteiger partial charge >= 0.3 is 5.97 Å². The minimum atomic E-state index is -1.02. The van der Waals surface area contributed by atoms with E-state index >= 15 is 0 Å². The molecule has 3 N–H and O–H groups in total. The Morgan fingerprint density at radius 1 is 1.08 bits per heavy atom. The topological polar surface area (TPSA) is 78.4 Å². The van der Waals surface area contributed by atoms with Crippen molar-refractivity contribution < 1.29 is 14.7 Å². The molecule has 0 fully saturated rings. The number of carbonyl (C=O) groups excluding carboxylic acids is 1. The summed E-state index contributed by atoms with van der Waals surface area (Å²) in [5.74, 6) is -1.30. The van der Waals surface area contributed by atoms with Crippen LogP contribution in [0.5, 0.6) is 0 Å². The van der Waals surface area contributed by atoms with Crippen LogP contribution in [0.15, 0.2) is 54.6 Å². The number of hydrogen-bond acceptors (Lipinski definition) is 3. The summed E-state index contributed by atoms with van der Waals surface area (Å²) in [6, 6.07) is 15.9. The lowest BCUT2D eigenvalue weighted by atomic mass is 9.95. The lowest BCUT2D eigenvalue weighted by Crippen LogP contribution is -2.52. The van der Waals surface area contributed by atoms with Gasteiger partial charge < -0.3 is 15.7 Å². The van der Waals surface area contributed by atoms with Crippen molar-refractivity contribution in [3.05, 3.63) is 71.3 Å². The number of rotatable bonds is 5. The first-order chi connectivity index (χ1) is 11.6. The van der Waals surface area contributed by atoms with Crippen LogP contribution in [0.3, 0.4) is 0 Å². The maximum absolute atomic E-state index is 12.5. The molecule has 2 atom stereocenters. The summed E-state index contributed by atoms with van der Waals surface area (Å²) >= 11 is 0. The zero-order valence-electron chi connectivity index (χ0n) is 13.6. The van der Waals surface area contributed by atoms with Crippen molar-refractivity contribution in [2.75, 3.05) is 0 Å². The highest BCUT2D eigenvalue weighted by Crippen LogP contribution is 2.16. The van der Waals surface area contributed by atoms with Gasteiger partial charge in [-0.2, -0.15) is 0 Å². The number of halogens is 1. The van der Waals surface area contributed by atoms with Crippen molar-refractivity contribution in [3.8, 4) is 0 Å². The van der Waals surface area contributed by atoms with Gasteiger partial charge in [0.2, 0.25) is 5.91 Å². The number of hydrogen-bond donors (Lipinski definition) is 3. The van der Waals surface area contributed by atoms with Crippen LogP contribution < -0.4 is 10.6 Å².